The average molecular weight is 380 g/mol. The van der Waals surface area contributed by atoms with Crippen LogP contribution in [0.15, 0.2) is 55.1 Å². The number of carbonyl (C=O) groups is 1. The Kier molecular flexibility index (Phi) is 7.09. The van der Waals surface area contributed by atoms with Crippen LogP contribution in [-0.4, -0.2) is 37.6 Å². The molecule has 1 saturated heterocycles. The van der Waals surface area contributed by atoms with Crippen LogP contribution in [-0.2, 0) is 13.1 Å². The van der Waals surface area contributed by atoms with Crippen LogP contribution in [0.5, 0.6) is 11.5 Å². The molecule has 5 nitrogen and oxygen atoms in total. The number of methoxy groups -OCH3 is 1. The van der Waals surface area contributed by atoms with Crippen molar-refractivity contribution in [3.63, 3.8) is 0 Å². The van der Waals surface area contributed by atoms with E-state index >= 15 is 0 Å². The fourth-order valence-electron chi connectivity index (χ4n) is 3.42. The lowest BCUT2D eigenvalue weighted by molar-refractivity contribution is 0.0950. The maximum Gasteiger partial charge on any atom is 0.251 e. The zero-order valence-electron chi connectivity index (χ0n) is 16.4. The largest absolute Gasteiger partial charge is 0.493 e. The van der Waals surface area contributed by atoms with Gasteiger partial charge in [0, 0.05) is 18.7 Å². The molecule has 1 aliphatic rings. The van der Waals surface area contributed by atoms with Crippen LogP contribution < -0.4 is 14.8 Å². The molecule has 0 spiro atoms. The van der Waals surface area contributed by atoms with Crippen LogP contribution in [0.25, 0.3) is 0 Å². The summed E-state index contributed by atoms with van der Waals surface area (Å²) in [5, 5.41) is 3.02. The summed E-state index contributed by atoms with van der Waals surface area (Å²) in [7, 11) is 1.56. The number of hydrogen-bond donors (Lipinski definition) is 1. The fraction of sp³-hybridized carbons (Fsp3) is 0.348. The summed E-state index contributed by atoms with van der Waals surface area (Å²) in [6.07, 6.45) is 4.21. The molecule has 1 heterocycles. The minimum atomic E-state index is -0.135. The lowest BCUT2D eigenvalue weighted by Crippen LogP contribution is -2.25. The van der Waals surface area contributed by atoms with E-state index in [1.54, 1.807) is 31.4 Å². The second kappa shape index (κ2) is 9.95. The van der Waals surface area contributed by atoms with Crippen LogP contribution in [0.3, 0.4) is 0 Å². The van der Waals surface area contributed by atoms with E-state index in [0.717, 1.165) is 25.2 Å². The summed E-state index contributed by atoms with van der Waals surface area (Å²) in [6, 6.07) is 13.5. The molecule has 0 unspecified atom stereocenters. The molecule has 0 aromatic heterocycles. The van der Waals surface area contributed by atoms with Crippen molar-refractivity contribution in [2.24, 2.45) is 0 Å². The number of ether oxygens (including phenoxy) is 2. The van der Waals surface area contributed by atoms with Crippen molar-refractivity contribution in [3.05, 3.63) is 71.8 Å². The van der Waals surface area contributed by atoms with E-state index in [2.05, 4.69) is 35.0 Å². The second-order valence-corrected chi connectivity index (χ2v) is 6.90. The van der Waals surface area contributed by atoms with Crippen molar-refractivity contribution < 1.29 is 14.3 Å². The highest BCUT2D eigenvalue weighted by Gasteiger charge is 2.15. The quantitative estimate of drug-likeness (QED) is 0.673. The van der Waals surface area contributed by atoms with Gasteiger partial charge in [0.25, 0.3) is 5.91 Å². The van der Waals surface area contributed by atoms with Crippen molar-refractivity contribution in [1.82, 2.24) is 10.2 Å². The Morgan fingerprint density at radius 3 is 2.61 bits per heavy atom. The molecule has 5 heteroatoms. The molecular formula is C23H28N2O3. The maximum absolute atomic E-state index is 12.6. The van der Waals surface area contributed by atoms with Gasteiger partial charge in [0.2, 0.25) is 0 Å². The number of rotatable bonds is 9. The third-order valence-corrected chi connectivity index (χ3v) is 4.93. The first-order valence-corrected chi connectivity index (χ1v) is 9.70. The Bertz CT molecular complexity index is 813. The topological polar surface area (TPSA) is 50.8 Å². The standard InChI is InChI=1S/C23H28N2O3/c1-3-14-28-21-11-10-18(15-22(21)27-2)23(26)24-16-19-8-4-5-9-20(19)17-25-12-6-7-13-25/h3-5,8-11,15H,1,6-7,12-14,16-17H2,2H3,(H,24,26). The van der Waals surface area contributed by atoms with Crippen molar-refractivity contribution in [1.29, 1.82) is 0 Å². The average Bonchev–Trinajstić information content (AvgIpc) is 3.24. The molecular weight excluding hydrogens is 352 g/mol. The van der Waals surface area contributed by atoms with Gasteiger partial charge >= 0.3 is 0 Å². The van der Waals surface area contributed by atoms with Gasteiger partial charge in [-0.2, -0.15) is 0 Å². The summed E-state index contributed by atoms with van der Waals surface area (Å²) in [5.41, 5.74) is 2.97. The second-order valence-electron chi connectivity index (χ2n) is 6.90. The predicted octanol–water partition coefficient (Wildman–Crippen LogP) is 3.79. The Morgan fingerprint density at radius 1 is 1.14 bits per heavy atom. The third-order valence-electron chi connectivity index (χ3n) is 4.93. The minimum Gasteiger partial charge on any atom is -0.493 e. The van der Waals surface area contributed by atoms with Gasteiger partial charge in [-0.1, -0.05) is 36.9 Å². The molecule has 148 valence electrons. The molecule has 0 radical (unpaired) electrons. The summed E-state index contributed by atoms with van der Waals surface area (Å²) in [5.74, 6) is 0.989. The Morgan fingerprint density at radius 2 is 1.89 bits per heavy atom. The first-order valence-electron chi connectivity index (χ1n) is 9.70. The fourth-order valence-corrected chi connectivity index (χ4v) is 3.42. The summed E-state index contributed by atoms with van der Waals surface area (Å²) in [4.78, 5) is 15.1. The molecule has 1 amide bonds. The third kappa shape index (κ3) is 5.14. The van der Waals surface area contributed by atoms with E-state index in [9.17, 15) is 4.79 Å². The molecule has 1 N–H and O–H groups in total. The smallest absolute Gasteiger partial charge is 0.251 e. The van der Waals surface area contributed by atoms with Crippen LogP contribution >= 0.6 is 0 Å². The normalized spacial score (nSPS) is 13.9. The van der Waals surface area contributed by atoms with Crippen molar-refractivity contribution in [3.8, 4) is 11.5 Å². The number of nitrogens with zero attached hydrogens (tertiary/aromatic N) is 1. The van der Waals surface area contributed by atoms with Gasteiger partial charge in [-0.05, 0) is 55.3 Å². The van der Waals surface area contributed by atoms with E-state index in [1.165, 1.54) is 18.4 Å². The SMILES string of the molecule is C=CCOc1ccc(C(=O)NCc2ccccc2CN2CCCC2)cc1OC. The number of amides is 1. The summed E-state index contributed by atoms with van der Waals surface area (Å²) in [6.45, 7) is 7.77. The number of hydrogen-bond acceptors (Lipinski definition) is 4. The molecule has 28 heavy (non-hydrogen) atoms. The molecule has 1 fully saturated rings. The lowest BCUT2D eigenvalue weighted by Gasteiger charge is -2.18. The van der Waals surface area contributed by atoms with E-state index < -0.39 is 0 Å². The van der Waals surface area contributed by atoms with Crippen LogP contribution in [0.2, 0.25) is 0 Å². The van der Waals surface area contributed by atoms with Gasteiger partial charge < -0.3 is 14.8 Å². The Labute approximate surface area is 167 Å². The zero-order chi connectivity index (χ0) is 19.8. The summed E-state index contributed by atoms with van der Waals surface area (Å²) < 4.78 is 10.9. The van der Waals surface area contributed by atoms with E-state index in [0.29, 0.717) is 30.2 Å². The van der Waals surface area contributed by atoms with Crippen molar-refractivity contribution >= 4 is 5.91 Å². The van der Waals surface area contributed by atoms with E-state index in [1.807, 2.05) is 6.07 Å². The minimum absolute atomic E-state index is 0.135. The monoisotopic (exact) mass is 380 g/mol. The summed E-state index contributed by atoms with van der Waals surface area (Å²) >= 11 is 0. The van der Waals surface area contributed by atoms with E-state index in [4.69, 9.17) is 9.47 Å². The highest BCUT2D eigenvalue weighted by Crippen LogP contribution is 2.28. The number of benzene rings is 2. The van der Waals surface area contributed by atoms with Gasteiger partial charge in [0.1, 0.15) is 6.61 Å². The molecule has 2 aromatic carbocycles. The van der Waals surface area contributed by atoms with Crippen molar-refractivity contribution in [2.75, 3.05) is 26.8 Å². The number of nitrogens with one attached hydrogen (secondary N) is 1. The molecule has 2 aromatic rings. The van der Waals surface area contributed by atoms with Gasteiger partial charge in [-0.3, -0.25) is 9.69 Å². The Balaban J connectivity index is 1.64. The van der Waals surface area contributed by atoms with Gasteiger partial charge in [-0.15, -0.1) is 0 Å². The Hall–Kier alpha value is -2.79. The zero-order valence-corrected chi connectivity index (χ0v) is 16.4. The van der Waals surface area contributed by atoms with Crippen LogP contribution in [0.1, 0.15) is 34.3 Å². The van der Waals surface area contributed by atoms with Gasteiger partial charge in [-0.25, -0.2) is 0 Å². The first kappa shape index (κ1) is 20.0. The first-order chi connectivity index (χ1) is 13.7. The molecule has 3 rings (SSSR count). The molecule has 0 bridgehead atoms. The number of likely N-dealkylation sites (tertiary alicyclic amines) is 1. The molecule has 0 saturated carbocycles. The highest BCUT2D eigenvalue weighted by molar-refractivity contribution is 5.94. The van der Waals surface area contributed by atoms with Crippen LogP contribution in [0, 0.1) is 0 Å². The molecule has 1 aliphatic heterocycles. The molecule has 0 atom stereocenters. The number of carbonyl (C=O) groups excluding carboxylic acids is 1. The van der Waals surface area contributed by atoms with Crippen LogP contribution in [0.4, 0.5) is 0 Å². The van der Waals surface area contributed by atoms with Crippen molar-refractivity contribution in [2.45, 2.75) is 25.9 Å². The highest BCUT2D eigenvalue weighted by atomic mass is 16.5. The molecule has 0 aliphatic carbocycles. The van der Waals surface area contributed by atoms with E-state index in [-0.39, 0.29) is 5.91 Å². The van der Waals surface area contributed by atoms with Gasteiger partial charge in [0.15, 0.2) is 11.5 Å². The lowest BCUT2D eigenvalue weighted by atomic mass is 10.1. The van der Waals surface area contributed by atoms with Gasteiger partial charge in [0.05, 0.1) is 7.11 Å². The predicted molar refractivity (Wildman–Crippen MR) is 111 cm³/mol. The maximum atomic E-state index is 12.6.